The SMILES string of the molecule is CCC(CC)C(Cc1ccc(C(=O)OC(C)(C)C)cc1)(C(=O)O)C(=O)O. The van der Waals surface area contributed by atoms with Gasteiger partial charge in [-0.25, -0.2) is 4.79 Å². The fourth-order valence-corrected chi connectivity index (χ4v) is 3.14. The monoisotopic (exact) mass is 364 g/mol. The lowest BCUT2D eigenvalue weighted by Crippen LogP contribution is -2.47. The van der Waals surface area contributed by atoms with E-state index in [-0.39, 0.29) is 6.42 Å². The number of carbonyl (C=O) groups excluding carboxylic acids is 1. The predicted octanol–water partition coefficient (Wildman–Crippen LogP) is 3.78. The van der Waals surface area contributed by atoms with E-state index in [0.29, 0.717) is 24.0 Å². The lowest BCUT2D eigenvalue weighted by Gasteiger charge is -2.32. The molecule has 0 bridgehead atoms. The van der Waals surface area contributed by atoms with Gasteiger partial charge in [-0.05, 0) is 50.8 Å². The van der Waals surface area contributed by atoms with Gasteiger partial charge in [0.25, 0.3) is 0 Å². The molecule has 0 saturated carbocycles. The van der Waals surface area contributed by atoms with Crippen molar-refractivity contribution in [3.05, 3.63) is 35.4 Å². The average molecular weight is 364 g/mol. The molecule has 0 radical (unpaired) electrons. The van der Waals surface area contributed by atoms with Crippen molar-refractivity contribution in [1.29, 1.82) is 0 Å². The summed E-state index contributed by atoms with van der Waals surface area (Å²) in [4.78, 5) is 35.9. The first kappa shape index (κ1) is 21.7. The highest BCUT2D eigenvalue weighted by molar-refractivity contribution is 5.99. The molecular weight excluding hydrogens is 336 g/mol. The molecule has 144 valence electrons. The molecule has 0 unspecified atom stereocenters. The molecule has 0 aliphatic rings. The van der Waals surface area contributed by atoms with Gasteiger partial charge in [0.05, 0.1) is 5.56 Å². The molecule has 6 heteroatoms. The van der Waals surface area contributed by atoms with E-state index >= 15 is 0 Å². The fourth-order valence-electron chi connectivity index (χ4n) is 3.14. The highest BCUT2D eigenvalue weighted by Crippen LogP contribution is 2.37. The van der Waals surface area contributed by atoms with Crippen LogP contribution in [0.25, 0.3) is 0 Å². The van der Waals surface area contributed by atoms with Gasteiger partial charge >= 0.3 is 17.9 Å². The summed E-state index contributed by atoms with van der Waals surface area (Å²) in [6.07, 6.45) is 0.759. The van der Waals surface area contributed by atoms with Crippen molar-refractivity contribution in [2.24, 2.45) is 11.3 Å². The molecule has 1 aromatic carbocycles. The summed E-state index contributed by atoms with van der Waals surface area (Å²) in [6, 6.07) is 6.24. The van der Waals surface area contributed by atoms with Crippen molar-refractivity contribution in [1.82, 2.24) is 0 Å². The number of hydrogen-bond acceptors (Lipinski definition) is 4. The molecule has 0 aliphatic heterocycles. The van der Waals surface area contributed by atoms with Gasteiger partial charge in [-0.3, -0.25) is 9.59 Å². The molecule has 0 atom stereocenters. The number of carboxylic acids is 2. The van der Waals surface area contributed by atoms with E-state index < -0.39 is 34.8 Å². The Labute approximate surface area is 154 Å². The van der Waals surface area contributed by atoms with Gasteiger partial charge in [0.1, 0.15) is 5.60 Å². The number of aliphatic carboxylic acids is 2. The van der Waals surface area contributed by atoms with Crippen LogP contribution in [0.1, 0.15) is 63.4 Å². The predicted molar refractivity (Wildman–Crippen MR) is 97.1 cm³/mol. The van der Waals surface area contributed by atoms with Crippen LogP contribution in [0.5, 0.6) is 0 Å². The lowest BCUT2D eigenvalue weighted by atomic mass is 9.69. The second-order valence-corrected chi connectivity index (χ2v) is 7.47. The number of carbonyl (C=O) groups is 3. The van der Waals surface area contributed by atoms with E-state index in [1.807, 2.05) is 0 Å². The molecule has 0 fully saturated rings. The summed E-state index contributed by atoms with van der Waals surface area (Å²) in [7, 11) is 0. The van der Waals surface area contributed by atoms with Crippen molar-refractivity contribution >= 4 is 17.9 Å². The van der Waals surface area contributed by atoms with Crippen LogP contribution in [-0.4, -0.2) is 33.7 Å². The summed E-state index contributed by atoms with van der Waals surface area (Å²) in [5.41, 5.74) is -1.62. The summed E-state index contributed by atoms with van der Waals surface area (Å²) in [5, 5.41) is 19.4. The third kappa shape index (κ3) is 4.84. The smallest absolute Gasteiger partial charge is 0.338 e. The topological polar surface area (TPSA) is 101 Å². The maximum absolute atomic E-state index is 12.1. The van der Waals surface area contributed by atoms with Crippen LogP contribution in [0.4, 0.5) is 0 Å². The Kier molecular flexibility index (Phi) is 6.95. The number of ether oxygens (including phenoxy) is 1. The van der Waals surface area contributed by atoms with Crippen LogP contribution < -0.4 is 0 Å². The van der Waals surface area contributed by atoms with E-state index in [4.69, 9.17) is 4.74 Å². The molecule has 2 N–H and O–H groups in total. The first-order valence-electron chi connectivity index (χ1n) is 8.77. The fraction of sp³-hybridized carbons (Fsp3) is 0.550. The van der Waals surface area contributed by atoms with Crippen molar-refractivity contribution < 1.29 is 29.3 Å². The van der Waals surface area contributed by atoms with Gasteiger partial charge in [-0.2, -0.15) is 0 Å². The zero-order chi connectivity index (χ0) is 20.1. The Morgan fingerprint density at radius 1 is 0.962 bits per heavy atom. The standard InChI is InChI=1S/C20H28O6/c1-6-15(7-2)20(17(22)23,18(24)25)12-13-8-10-14(11-9-13)16(21)26-19(3,4)5/h8-11,15H,6-7,12H2,1-5H3,(H,22,23)(H,24,25). The molecule has 6 nitrogen and oxygen atoms in total. The van der Waals surface area contributed by atoms with Crippen molar-refractivity contribution in [3.63, 3.8) is 0 Å². The quantitative estimate of drug-likeness (QED) is 0.538. The second kappa shape index (κ2) is 8.34. The Morgan fingerprint density at radius 3 is 1.77 bits per heavy atom. The first-order chi connectivity index (χ1) is 12.0. The van der Waals surface area contributed by atoms with Gasteiger partial charge < -0.3 is 14.9 Å². The number of benzene rings is 1. The van der Waals surface area contributed by atoms with Crippen LogP contribution in [0.3, 0.4) is 0 Å². The van der Waals surface area contributed by atoms with E-state index in [0.717, 1.165) is 0 Å². The van der Waals surface area contributed by atoms with Crippen LogP contribution in [0, 0.1) is 11.3 Å². The van der Waals surface area contributed by atoms with Crippen LogP contribution in [0.2, 0.25) is 0 Å². The number of esters is 1. The zero-order valence-electron chi connectivity index (χ0n) is 16.0. The number of rotatable bonds is 8. The molecule has 0 aliphatic carbocycles. The summed E-state index contributed by atoms with van der Waals surface area (Å²) < 4.78 is 5.29. The van der Waals surface area contributed by atoms with Crippen LogP contribution >= 0.6 is 0 Å². The minimum Gasteiger partial charge on any atom is -0.480 e. The normalized spacial score (nSPS) is 12.1. The molecule has 0 spiro atoms. The Balaban J connectivity index is 3.15. The number of carboxylic acid groups (broad SMARTS) is 2. The van der Waals surface area contributed by atoms with E-state index in [1.165, 1.54) is 12.1 Å². The van der Waals surface area contributed by atoms with Crippen molar-refractivity contribution in [2.45, 2.75) is 59.5 Å². The summed E-state index contributed by atoms with van der Waals surface area (Å²) in [6.45, 7) is 8.88. The Hall–Kier alpha value is -2.37. The van der Waals surface area contributed by atoms with E-state index in [2.05, 4.69) is 0 Å². The largest absolute Gasteiger partial charge is 0.480 e. The second-order valence-electron chi connectivity index (χ2n) is 7.47. The lowest BCUT2D eigenvalue weighted by molar-refractivity contribution is -0.169. The molecule has 0 heterocycles. The van der Waals surface area contributed by atoms with Gasteiger partial charge in [-0.15, -0.1) is 0 Å². The number of hydrogen-bond donors (Lipinski definition) is 2. The third-order valence-electron chi connectivity index (χ3n) is 4.52. The van der Waals surface area contributed by atoms with E-state index in [9.17, 15) is 24.6 Å². The van der Waals surface area contributed by atoms with Gasteiger partial charge in [0.15, 0.2) is 5.41 Å². The Bertz CT molecular complexity index is 636. The maximum Gasteiger partial charge on any atom is 0.338 e. The minimum absolute atomic E-state index is 0.140. The molecule has 0 saturated heterocycles. The van der Waals surface area contributed by atoms with Gasteiger partial charge in [0.2, 0.25) is 0 Å². The maximum atomic E-state index is 12.1. The summed E-state index contributed by atoms with van der Waals surface area (Å²) >= 11 is 0. The van der Waals surface area contributed by atoms with Gasteiger partial charge in [-0.1, -0.05) is 38.8 Å². The molecule has 26 heavy (non-hydrogen) atoms. The first-order valence-corrected chi connectivity index (χ1v) is 8.77. The molecule has 0 aromatic heterocycles. The minimum atomic E-state index is -1.89. The van der Waals surface area contributed by atoms with Gasteiger partial charge in [0, 0.05) is 0 Å². The third-order valence-corrected chi connectivity index (χ3v) is 4.52. The highest BCUT2D eigenvalue weighted by Gasteiger charge is 2.51. The van der Waals surface area contributed by atoms with E-state index in [1.54, 1.807) is 46.8 Å². The van der Waals surface area contributed by atoms with Crippen molar-refractivity contribution in [3.8, 4) is 0 Å². The van der Waals surface area contributed by atoms with Crippen LogP contribution in [-0.2, 0) is 20.7 Å². The highest BCUT2D eigenvalue weighted by atomic mass is 16.6. The Morgan fingerprint density at radius 2 is 1.42 bits per heavy atom. The van der Waals surface area contributed by atoms with Crippen molar-refractivity contribution in [2.75, 3.05) is 0 Å². The molecular formula is C20H28O6. The molecule has 1 rings (SSSR count). The molecule has 0 amide bonds. The zero-order valence-corrected chi connectivity index (χ0v) is 16.0. The average Bonchev–Trinajstić information content (AvgIpc) is 2.53. The summed E-state index contributed by atoms with van der Waals surface area (Å²) in [5.74, 6) is -3.65. The van der Waals surface area contributed by atoms with Crippen LogP contribution in [0.15, 0.2) is 24.3 Å². The molecule has 1 aromatic rings.